The Bertz CT molecular complexity index is 561. The maximum absolute atomic E-state index is 13.3. The highest BCUT2D eigenvalue weighted by molar-refractivity contribution is 5.82. The lowest BCUT2D eigenvalue weighted by Gasteiger charge is -2.41. The molecule has 1 saturated heterocycles. The van der Waals surface area contributed by atoms with Crippen LogP contribution in [0.5, 0.6) is 0 Å². The van der Waals surface area contributed by atoms with Gasteiger partial charge in [0.25, 0.3) is 0 Å². The van der Waals surface area contributed by atoms with E-state index >= 15 is 0 Å². The van der Waals surface area contributed by atoms with Crippen LogP contribution in [0.2, 0.25) is 0 Å². The van der Waals surface area contributed by atoms with Gasteiger partial charge < -0.3 is 20.7 Å². The molecule has 1 aliphatic heterocycles. The fourth-order valence-corrected chi connectivity index (χ4v) is 3.29. The summed E-state index contributed by atoms with van der Waals surface area (Å²) in [6.07, 6.45) is 0. The minimum absolute atomic E-state index is 0.199. The van der Waals surface area contributed by atoms with E-state index in [4.69, 9.17) is 4.74 Å². The average Bonchev–Trinajstić information content (AvgIpc) is 2.61. The second-order valence-corrected chi connectivity index (χ2v) is 8.18. The molecule has 0 aliphatic carbocycles. The molecule has 0 saturated carbocycles. The van der Waals surface area contributed by atoms with Gasteiger partial charge >= 0.3 is 5.97 Å². The lowest BCUT2D eigenvalue weighted by atomic mass is 9.89. The monoisotopic (exact) mass is 376 g/mol. The summed E-state index contributed by atoms with van der Waals surface area (Å²) in [5.41, 5.74) is -0.393. The van der Waals surface area contributed by atoms with Crippen molar-refractivity contribution in [1.82, 2.24) is 20.9 Å². The molecule has 0 bridgehead atoms. The molecule has 6 nitrogen and oxygen atoms in total. The number of hydrogen-bond acceptors (Lipinski definition) is 6. The first-order valence-corrected chi connectivity index (χ1v) is 10.0. The minimum Gasteiger partial charge on any atom is -0.458 e. The van der Waals surface area contributed by atoms with E-state index in [1.54, 1.807) is 0 Å². The van der Waals surface area contributed by atoms with Crippen molar-refractivity contribution in [3.63, 3.8) is 0 Å². The molecule has 1 aliphatic rings. The third-order valence-corrected chi connectivity index (χ3v) is 4.84. The molecular weight excluding hydrogens is 340 g/mol. The quantitative estimate of drug-likeness (QED) is 0.692. The predicted molar refractivity (Wildman–Crippen MR) is 110 cm³/mol. The number of carbonyl (C=O) groups is 1. The molecule has 1 unspecified atom stereocenters. The zero-order valence-corrected chi connectivity index (χ0v) is 17.3. The van der Waals surface area contributed by atoms with Gasteiger partial charge in [-0.3, -0.25) is 4.90 Å². The largest absolute Gasteiger partial charge is 0.458 e. The highest BCUT2D eigenvalue weighted by Crippen LogP contribution is 2.31. The zero-order valence-electron chi connectivity index (χ0n) is 17.3. The molecule has 0 aromatic heterocycles. The van der Waals surface area contributed by atoms with Crippen LogP contribution in [0, 0.1) is 0 Å². The van der Waals surface area contributed by atoms with Gasteiger partial charge in [-0.15, -0.1) is 0 Å². The second-order valence-electron chi connectivity index (χ2n) is 8.18. The van der Waals surface area contributed by atoms with E-state index in [2.05, 4.69) is 20.9 Å². The maximum atomic E-state index is 13.3. The van der Waals surface area contributed by atoms with E-state index in [0.29, 0.717) is 0 Å². The van der Waals surface area contributed by atoms with Crippen molar-refractivity contribution in [3.05, 3.63) is 35.9 Å². The number of nitrogens with zero attached hydrogens (tertiary/aromatic N) is 1. The normalized spacial score (nSPS) is 20.7. The van der Waals surface area contributed by atoms with E-state index in [1.807, 2.05) is 58.0 Å². The molecule has 0 radical (unpaired) electrons. The predicted octanol–water partition coefficient (Wildman–Crippen LogP) is 1.33. The van der Waals surface area contributed by atoms with Crippen LogP contribution in [0.25, 0.3) is 0 Å². The Kier molecular flexibility index (Phi) is 8.23. The average molecular weight is 377 g/mol. The van der Waals surface area contributed by atoms with Crippen molar-refractivity contribution in [2.75, 3.05) is 52.4 Å². The van der Waals surface area contributed by atoms with E-state index in [1.165, 1.54) is 0 Å². The summed E-state index contributed by atoms with van der Waals surface area (Å²) in [4.78, 5) is 15.6. The van der Waals surface area contributed by atoms with Gasteiger partial charge in [-0.25, -0.2) is 4.79 Å². The van der Waals surface area contributed by atoms with Crippen molar-refractivity contribution < 1.29 is 9.53 Å². The van der Waals surface area contributed by atoms with Gasteiger partial charge in [0.05, 0.1) is 0 Å². The van der Waals surface area contributed by atoms with Gasteiger partial charge in [0.2, 0.25) is 0 Å². The summed E-state index contributed by atoms with van der Waals surface area (Å²) in [6.45, 7) is 14.7. The molecule has 1 atom stereocenters. The summed E-state index contributed by atoms with van der Waals surface area (Å²) in [7, 11) is 0. The summed E-state index contributed by atoms with van der Waals surface area (Å²) < 4.78 is 5.85. The number of hydrogen-bond donors (Lipinski definition) is 3. The van der Waals surface area contributed by atoms with Gasteiger partial charge in [0.15, 0.2) is 0 Å². The number of carbonyl (C=O) groups excluding carboxylic acids is 1. The van der Waals surface area contributed by atoms with Crippen LogP contribution >= 0.6 is 0 Å². The smallest absolute Gasteiger partial charge is 0.331 e. The van der Waals surface area contributed by atoms with Gasteiger partial charge in [0, 0.05) is 52.4 Å². The van der Waals surface area contributed by atoms with Crippen molar-refractivity contribution >= 4 is 5.97 Å². The topological polar surface area (TPSA) is 65.6 Å². The Labute approximate surface area is 164 Å². The van der Waals surface area contributed by atoms with Crippen LogP contribution in [-0.2, 0) is 15.1 Å². The highest BCUT2D eigenvalue weighted by atomic mass is 16.6. The standard InChI is InChI=1S/C21H36N4O2/c1-20(2,3)27-19(26)21(4,18-8-6-5-7-9-18)25-16-14-23-12-10-22-11-13-24-15-17-25/h5-9,22-24H,10-17H2,1-4H3. The number of benzene rings is 1. The SMILES string of the molecule is CC(C)(C)OC(=O)C(C)(c1ccccc1)N1CCNCCNCCNCC1. The third-order valence-electron chi connectivity index (χ3n) is 4.84. The van der Waals surface area contributed by atoms with Crippen LogP contribution in [0.1, 0.15) is 33.3 Å². The Hall–Kier alpha value is -1.47. The van der Waals surface area contributed by atoms with Gasteiger partial charge in [-0.2, -0.15) is 0 Å². The van der Waals surface area contributed by atoms with Gasteiger partial charge in [-0.05, 0) is 33.3 Å². The molecular formula is C21H36N4O2. The summed E-state index contributed by atoms with van der Waals surface area (Å²) in [5, 5.41) is 10.3. The van der Waals surface area contributed by atoms with Crippen molar-refractivity contribution in [2.45, 2.75) is 38.8 Å². The fourth-order valence-electron chi connectivity index (χ4n) is 3.29. The molecule has 1 aromatic carbocycles. The number of nitrogens with one attached hydrogen (secondary N) is 3. The van der Waals surface area contributed by atoms with Crippen LogP contribution in [-0.4, -0.2) is 68.8 Å². The number of esters is 1. The first-order valence-electron chi connectivity index (χ1n) is 10.0. The molecule has 0 amide bonds. The summed E-state index contributed by atoms with van der Waals surface area (Å²) in [5.74, 6) is -0.199. The highest BCUT2D eigenvalue weighted by Gasteiger charge is 2.43. The molecule has 2 rings (SSSR count). The van der Waals surface area contributed by atoms with Crippen LogP contribution in [0.3, 0.4) is 0 Å². The van der Waals surface area contributed by atoms with Crippen molar-refractivity contribution in [1.29, 1.82) is 0 Å². The Morgan fingerprint density at radius 3 is 1.81 bits per heavy atom. The van der Waals surface area contributed by atoms with Crippen LogP contribution < -0.4 is 16.0 Å². The Morgan fingerprint density at radius 2 is 1.33 bits per heavy atom. The third kappa shape index (κ3) is 6.57. The van der Waals surface area contributed by atoms with Crippen molar-refractivity contribution in [3.8, 4) is 0 Å². The molecule has 1 fully saturated rings. The van der Waals surface area contributed by atoms with E-state index in [-0.39, 0.29) is 5.97 Å². The zero-order chi connectivity index (χ0) is 19.8. The maximum Gasteiger partial charge on any atom is 0.331 e. The van der Waals surface area contributed by atoms with E-state index in [0.717, 1.165) is 57.9 Å². The minimum atomic E-state index is -0.833. The molecule has 3 N–H and O–H groups in total. The number of rotatable bonds is 3. The Balaban J connectivity index is 2.29. The van der Waals surface area contributed by atoms with Gasteiger partial charge in [0.1, 0.15) is 11.1 Å². The molecule has 152 valence electrons. The Morgan fingerprint density at radius 1 is 0.852 bits per heavy atom. The molecule has 1 aromatic rings. The van der Waals surface area contributed by atoms with Gasteiger partial charge in [-0.1, -0.05) is 30.3 Å². The van der Waals surface area contributed by atoms with E-state index in [9.17, 15) is 4.79 Å². The molecule has 6 heteroatoms. The fraction of sp³-hybridized carbons (Fsp3) is 0.667. The lowest BCUT2D eigenvalue weighted by molar-refractivity contribution is -0.170. The summed E-state index contributed by atoms with van der Waals surface area (Å²) >= 11 is 0. The lowest BCUT2D eigenvalue weighted by Crippen LogP contribution is -2.55. The van der Waals surface area contributed by atoms with Crippen LogP contribution in [0.15, 0.2) is 30.3 Å². The van der Waals surface area contributed by atoms with Crippen LogP contribution in [0.4, 0.5) is 0 Å². The first-order chi connectivity index (χ1) is 12.8. The summed E-state index contributed by atoms with van der Waals surface area (Å²) in [6, 6.07) is 9.98. The molecule has 0 spiro atoms. The number of ether oxygens (including phenoxy) is 1. The first kappa shape index (κ1) is 21.8. The van der Waals surface area contributed by atoms with E-state index < -0.39 is 11.1 Å². The second kappa shape index (κ2) is 10.2. The molecule has 27 heavy (non-hydrogen) atoms. The molecule has 1 heterocycles. The van der Waals surface area contributed by atoms with Crippen molar-refractivity contribution in [2.24, 2.45) is 0 Å².